The molecule has 0 amide bonds. The van der Waals surface area contributed by atoms with E-state index in [0.29, 0.717) is 0 Å². The highest BCUT2D eigenvalue weighted by molar-refractivity contribution is 7.99. The van der Waals surface area contributed by atoms with E-state index in [2.05, 4.69) is 36.1 Å². The fraction of sp³-hybridized carbons (Fsp3) is 1.00. The van der Waals surface area contributed by atoms with E-state index in [4.69, 9.17) is 0 Å². The molecule has 3 heteroatoms. The fourth-order valence-electron chi connectivity index (χ4n) is 1.78. The van der Waals surface area contributed by atoms with Gasteiger partial charge in [-0.1, -0.05) is 0 Å². The summed E-state index contributed by atoms with van der Waals surface area (Å²) in [5.41, 5.74) is 0. The minimum absolute atomic E-state index is 0.954. The van der Waals surface area contributed by atoms with Crippen molar-refractivity contribution in [3.05, 3.63) is 0 Å². The summed E-state index contributed by atoms with van der Waals surface area (Å²) in [5, 5.41) is 3.57. The summed E-state index contributed by atoms with van der Waals surface area (Å²) >= 11 is 2.11. The predicted octanol–water partition coefficient (Wildman–Crippen LogP) is 1.67. The van der Waals surface area contributed by atoms with E-state index in [-0.39, 0.29) is 0 Å². The van der Waals surface area contributed by atoms with Gasteiger partial charge in [0.1, 0.15) is 0 Å². The molecule has 0 atom stereocenters. The van der Waals surface area contributed by atoms with Crippen molar-refractivity contribution in [3.8, 4) is 0 Å². The number of hydrogen-bond acceptors (Lipinski definition) is 3. The number of hydrogen-bond donors (Lipinski definition) is 1. The Morgan fingerprint density at radius 1 is 1.29 bits per heavy atom. The lowest BCUT2D eigenvalue weighted by Crippen LogP contribution is -2.28. The maximum atomic E-state index is 3.57. The molecule has 0 aliphatic carbocycles. The summed E-state index contributed by atoms with van der Waals surface area (Å²) in [6.45, 7) is 3.63. The topological polar surface area (TPSA) is 15.3 Å². The minimum atomic E-state index is 0.954. The molecule has 14 heavy (non-hydrogen) atoms. The Labute approximate surface area is 92.8 Å². The van der Waals surface area contributed by atoms with Crippen molar-refractivity contribution >= 4 is 11.8 Å². The lowest BCUT2D eigenvalue weighted by atomic mass is 10.0. The van der Waals surface area contributed by atoms with E-state index in [1.807, 2.05) is 0 Å². The Morgan fingerprint density at radius 3 is 2.64 bits per heavy atom. The summed E-state index contributed by atoms with van der Waals surface area (Å²) in [4.78, 5) is 2.25. The molecule has 1 heterocycles. The smallest absolute Gasteiger partial charge is 0.00127 e. The quantitative estimate of drug-likeness (QED) is 0.680. The van der Waals surface area contributed by atoms with Gasteiger partial charge in [0, 0.05) is 0 Å². The molecular formula is C11H24N2S. The van der Waals surface area contributed by atoms with Crippen molar-refractivity contribution in [2.75, 3.05) is 45.2 Å². The van der Waals surface area contributed by atoms with Crippen LogP contribution in [0.3, 0.4) is 0 Å². The standard InChI is InChI=1S/C11H24N2S/c1-13(2)7-3-6-12-10-11-4-8-14-9-5-11/h11-12H,3-10H2,1-2H3. The van der Waals surface area contributed by atoms with E-state index in [1.54, 1.807) is 0 Å². The second-order valence-electron chi connectivity index (χ2n) is 4.42. The summed E-state index contributed by atoms with van der Waals surface area (Å²) in [5.74, 6) is 3.71. The first-order chi connectivity index (χ1) is 6.79. The molecule has 1 aliphatic rings. The van der Waals surface area contributed by atoms with Gasteiger partial charge < -0.3 is 10.2 Å². The van der Waals surface area contributed by atoms with E-state index in [0.717, 1.165) is 5.92 Å². The molecule has 0 spiro atoms. The van der Waals surface area contributed by atoms with E-state index >= 15 is 0 Å². The Hall–Kier alpha value is 0.270. The lowest BCUT2D eigenvalue weighted by molar-refractivity contribution is 0.383. The Balaban J connectivity index is 1.87. The molecule has 1 aliphatic heterocycles. The van der Waals surface area contributed by atoms with Crippen LogP contribution in [0.15, 0.2) is 0 Å². The molecule has 2 nitrogen and oxygen atoms in total. The van der Waals surface area contributed by atoms with Crippen LogP contribution < -0.4 is 5.32 Å². The van der Waals surface area contributed by atoms with Gasteiger partial charge in [-0.3, -0.25) is 0 Å². The third-order valence-electron chi connectivity index (χ3n) is 2.73. The summed E-state index contributed by atoms with van der Waals surface area (Å²) in [7, 11) is 4.27. The molecular weight excluding hydrogens is 192 g/mol. The van der Waals surface area contributed by atoms with Gasteiger partial charge in [-0.25, -0.2) is 0 Å². The highest BCUT2D eigenvalue weighted by Gasteiger charge is 2.12. The minimum Gasteiger partial charge on any atom is -0.316 e. The highest BCUT2D eigenvalue weighted by Crippen LogP contribution is 2.21. The van der Waals surface area contributed by atoms with Crippen LogP contribution in [0.2, 0.25) is 0 Å². The van der Waals surface area contributed by atoms with E-state index in [9.17, 15) is 0 Å². The van der Waals surface area contributed by atoms with Crippen LogP contribution >= 0.6 is 11.8 Å². The number of nitrogens with zero attached hydrogens (tertiary/aromatic N) is 1. The lowest BCUT2D eigenvalue weighted by Gasteiger charge is -2.21. The third kappa shape index (κ3) is 5.89. The van der Waals surface area contributed by atoms with Gasteiger partial charge in [-0.15, -0.1) is 0 Å². The SMILES string of the molecule is CN(C)CCCNCC1CCSCC1. The first kappa shape index (κ1) is 12.3. The molecule has 0 saturated carbocycles. The molecule has 1 rings (SSSR count). The summed E-state index contributed by atoms with van der Waals surface area (Å²) in [6.07, 6.45) is 4.12. The molecule has 0 aromatic heterocycles. The molecule has 0 aromatic carbocycles. The number of thioether (sulfide) groups is 1. The summed E-state index contributed by atoms with van der Waals surface area (Å²) < 4.78 is 0. The van der Waals surface area contributed by atoms with Crippen molar-refractivity contribution in [1.29, 1.82) is 0 Å². The van der Waals surface area contributed by atoms with Crippen molar-refractivity contribution in [2.24, 2.45) is 5.92 Å². The zero-order valence-corrected chi connectivity index (χ0v) is 10.4. The van der Waals surface area contributed by atoms with Gasteiger partial charge in [-0.05, 0) is 70.4 Å². The van der Waals surface area contributed by atoms with Gasteiger partial charge in [-0.2, -0.15) is 11.8 Å². The van der Waals surface area contributed by atoms with Gasteiger partial charge >= 0.3 is 0 Å². The number of rotatable bonds is 6. The zero-order valence-electron chi connectivity index (χ0n) is 9.59. The molecule has 0 bridgehead atoms. The Bertz CT molecular complexity index is 133. The maximum absolute atomic E-state index is 3.57. The first-order valence-electron chi connectivity index (χ1n) is 5.72. The van der Waals surface area contributed by atoms with E-state index < -0.39 is 0 Å². The Morgan fingerprint density at radius 2 is 2.00 bits per heavy atom. The van der Waals surface area contributed by atoms with Crippen LogP contribution in [0, 0.1) is 5.92 Å². The van der Waals surface area contributed by atoms with Gasteiger partial charge in [0.25, 0.3) is 0 Å². The van der Waals surface area contributed by atoms with Crippen LogP contribution in [-0.2, 0) is 0 Å². The first-order valence-corrected chi connectivity index (χ1v) is 6.87. The third-order valence-corrected chi connectivity index (χ3v) is 3.78. The van der Waals surface area contributed by atoms with Gasteiger partial charge in [0.15, 0.2) is 0 Å². The second kappa shape index (κ2) is 7.55. The van der Waals surface area contributed by atoms with Gasteiger partial charge in [0.05, 0.1) is 0 Å². The predicted molar refractivity (Wildman–Crippen MR) is 66.1 cm³/mol. The normalized spacial score (nSPS) is 19.1. The van der Waals surface area contributed by atoms with Crippen molar-refractivity contribution in [2.45, 2.75) is 19.3 Å². The molecule has 84 valence electrons. The monoisotopic (exact) mass is 216 g/mol. The fourth-order valence-corrected chi connectivity index (χ4v) is 2.98. The average molecular weight is 216 g/mol. The van der Waals surface area contributed by atoms with Crippen LogP contribution in [0.1, 0.15) is 19.3 Å². The van der Waals surface area contributed by atoms with Crippen molar-refractivity contribution in [1.82, 2.24) is 10.2 Å². The zero-order chi connectivity index (χ0) is 10.2. The molecule has 0 unspecified atom stereocenters. The molecule has 0 radical (unpaired) electrons. The van der Waals surface area contributed by atoms with Crippen LogP contribution in [0.5, 0.6) is 0 Å². The average Bonchev–Trinajstić information content (AvgIpc) is 2.18. The highest BCUT2D eigenvalue weighted by atomic mass is 32.2. The molecule has 1 fully saturated rings. The molecule has 0 aromatic rings. The van der Waals surface area contributed by atoms with Crippen LogP contribution in [-0.4, -0.2) is 50.1 Å². The number of nitrogens with one attached hydrogen (secondary N) is 1. The van der Waals surface area contributed by atoms with Gasteiger partial charge in [0.2, 0.25) is 0 Å². The Kier molecular flexibility index (Phi) is 6.65. The van der Waals surface area contributed by atoms with Crippen LogP contribution in [0.4, 0.5) is 0 Å². The molecule has 1 N–H and O–H groups in total. The summed E-state index contributed by atoms with van der Waals surface area (Å²) in [6, 6.07) is 0. The van der Waals surface area contributed by atoms with E-state index in [1.165, 1.54) is 50.4 Å². The second-order valence-corrected chi connectivity index (χ2v) is 5.64. The molecule has 1 saturated heterocycles. The van der Waals surface area contributed by atoms with Crippen molar-refractivity contribution in [3.63, 3.8) is 0 Å². The maximum Gasteiger partial charge on any atom is -0.00127 e. The van der Waals surface area contributed by atoms with Crippen LogP contribution in [0.25, 0.3) is 0 Å². The largest absolute Gasteiger partial charge is 0.316 e. The van der Waals surface area contributed by atoms with Crippen molar-refractivity contribution < 1.29 is 0 Å².